The van der Waals surface area contributed by atoms with Crippen LogP contribution >= 0.6 is 0 Å². The van der Waals surface area contributed by atoms with Crippen molar-refractivity contribution >= 4 is 5.82 Å². The van der Waals surface area contributed by atoms with Crippen LogP contribution in [-0.4, -0.2) is 24.2 Å². The summed E-state index contributed by atoms with van der Waals surface area (Å²) in [4.78, 5) is 4.30. The molecule has 1 aromatic heterocycles. The maximum atomic E-state index is 5.22. The highest BCUT2D eigenvalue weighted by Gasteiger charge is 2.29. The Labute approximate surface area is 84.5 Å². The van der Waals surface area contributed by atoms with Crippen molar-refractivity contribution in [3.63, 3.8) is 0 Å². The van der Waals surface area contributed by atoms with Crippen molar-refractivity contribution < 1.29 is 4.74 Å². The Kier molecular flexibility index (Phi) is 2.68. The van der Waals surface area contributed by atoms with Gasteiger partial charge in [0.05, 0.1) is 6.10 Å². The summed E-state index contributed by atoms with van der Waals surface area (Å²) in [6.45, 7) is 2.07. The van der Waals surface area contributed by atoms with Crippen LogP contribution in [-0.2, 0) is 4.74 Å². The number of pyridine rings is 1. The number of hydrogen-bond acceptors (Lipinski definition) is 3. The molecule has 0 spiro atoms. The zero-order chi connectivity index (χ0) is 9.97. The van der Waals surface area contributed by atoms with Crippen LogP contribution < -0.4 is 5.32 Å². The fourth-order valence-electron chi connectivity index (χ4n) is 1.71. The van der Waals surface area contributed by atoms with Gasteiger partial charge < -0.3 is 10.1 Å². The van der Waals surface area contributed by atoms with Crippen molar-refractivity contribution in [1.82, 2.24) is 4.98 Å². The van der Waals surface area contributed by atoms with Crippen LogP contribution in [0.25, 0.3) is 0 Å². The van der Waals surface area contributed by atoms with E-state index < -0.39 is 0 Å². The van der Waals surface area contributed by atoms with E-state index in [9.17, 15) is 0 Å². The standard InChI is InChI=1S/C11H16N2O/c1-8-4-3-5-12-11(8)13-9-6-10(7-9)14-2/h3-5,9-10H,6-7H2,1-2H3,(H,12,13). The van der Waals surface area contributed by atoms with E-state index in [1.54, 1.807) is 7.11 Å². The monoisotopic (exact) mass is 192 g/mol. The first kappa shape index (κ1) is 9.46. The van der Waals surface area contributed by atoms with Crippen molar-refractivity contribution in [2.24, 2.45) is 0 Å². The normalized spacial score (nSPS) is 25.6. The molecule has 2 rings (SSSR count). The molecule has 1 N–H and O–H groups in total. The number of aromatic nitrogens is 1. The van der Waals surface area contributed by atoms with E-state index in [0.29, 0.717) is 12.1 Å². The van der Waals surface area contributed by atoms with E-state index in [2.05, 4.69) is 23.3 Å². The molecule has 1 aliphatic rings. The number of ether oxygens (including phenoxy) is 1. The first-order valence-corrected chi connectivity index (χ1v) is 5.00. The minimum Gasteiger partial charge on any atom is -0.381 e. The summed E-state index contributed by atoms with van der Waals surface area (Å²) in [5, 5.41) is 3.42. The third-order valence-corrected chi connectivity index (χ3v) is 2.78. The van der Waals surface area contributed by atoms with Gasteiger partial charge in [-0.3, -0.25) is 0 Å². The zero-order valence-electron chi connectivity index (χ0n) is 8.66. The van der Waals surface area contributed by atoms with Crippen LogP contribution in [0.5, 0.6) is 0 Å². The van der Waals surface area contributed by atoms with Crippen LogP contribution in [0.4, 0.5) is 5.82 Å². The predicted molar refractivity (Wildman–Crippen MR) is 56.4 cm³/mol. The molecule has 1 aromatic rings. The molecule has 1 aliphatic carbocycles. The number of anilines is 1. The Morgan fingerprint density at radius 2 is 2.29 bits per heavy atom. The molecule has 76 valence electrons. The van der Waals surface area contributed by atoms with Gasteiger partial charge in [0, 0.05) is 19.3 Å². The van der Waals surface area contributed by atoms with E-state index in [4.69, 9.17) is 4.74 Å². The lowest BCUT2D eigenvalue weighted by Crippen LogP contribution is -2.40. The lowest BCUT2D eigenvalue weighted by atomic mass is 9.89. The summed E-state index contributed by atoms with van der Waals surface area (Å²) >= 11 is 0. The van der Waals surface area contributed by atoms with Gasteiger partial charge in [-0.2, -0.15) is 0 Å². The lowest BCUT2D eigenvalue weighted by Gasteiger charge is -2.35. The molecule has 0 atom stereocenters. The van der Waals surface area contributed by atoms with Gasteiger partial charge in [0.2, 0.25) is 0 Å². The van der Waals surface area contributed by atoms with Crippen LogP contribution in [0.15, 0.2) is 18.3 Å². The highest BCUT2D eigenvalue weighted by molar-refractivity contribution is 5.43. The average molecular weight is 192 g/mol. The van der Waals surface area contributed by atoms with E-state index in [0.717, 1.165) is 18.7 Å². The number of hydrogen-bond donors (Lipinski definition) is 1. The SMILES string of the molecule is COC1CC(Nc2ncccc2C)C1. The number of nitrogens with one attached hydrogen (secondary N) is 1. The number of methoxy groups -OCH3 is 1. The smallest absolute Gasteiger partial charge is 0.129 e. The van der Waals surface area contributed by atoms with E-state index in [1.165, 1.54) is 5.56 Å². The number of aryl methyl sites for hydroxylation is 1. The van der Waals surface area contributed by atoms with Crippen molar-refractivity contribution in [3.8, 4) is 0 Å². The Hall–Kier alpha value is -1.09. The Morgan fingerprint density at radius 1 is 1.50 bits per heavy atom. The van der Waals surface area contributed by atoms with Gasteiger partial charge >= 0.3 is 0 Å². The van der Waals surface area contributed by atoms with Gasteiger partial charge in [0.25, 0.3) is 0 Å². The molecular formula is C11H16N2O. The molecule has 1 fully saturated rings. The Morgan fingerprint density at radius 3 is 2.93 bits per heavy atom. The maximum absolute atomic E-state index is 5.22. The molecule has 0 bridgehead atoms. The van der Waals surface area contributed by atoms with Gasteiger partial charge in [0.15, 0.2) is 0 Å². The van der Waals surface area contributed by atoms with Gasteiger partial charge in [0.1, 0.15) is 5.82 Å². The average Bonchev–Trinajstić information content (AvgIpc) is 2.13. The summed E-state index contributed by atoms with van der Waals surface area (Å²) in [6, 6.07) is 4.56. The third kappa shape index (κ3) is 1.87. The van der Waals surface area contributed by atoms with Crippen LogP contribution in [0.2, 0.25) is 0 Å². The quantitative estimate of drug-likeness (QED) is 0.795. The van der Waals surface area contributed by atoms with E-state index in [-0.39, 0.29) is 0 Å². The molecular weight excluding hydrogens is 176 g/mol. The topological polar surface area (TPSA) is 34.1 Å². The number of rotatable bonds is 3. The highest BCUT2D eigenvalue weighted by Crippen LogP contribution is 2.26. The fourth-order valence-corrected chi connectivity index (χ4v) is 1.71. The third-order valence-electron chi connectivity index (χ3n) is 2.78. The Bertz CT molecular complexity index is 308. The number of nitrogens with zero attached hydrogens (tertiary/aromatic N) is 1. The van der Waals surface area contributed by atoms with Crippen LogP contribution in [0.3, 0.4) is 0 Å². The van der Waals surface area contributed by atoms with E-state index in [1.807, 2.05) is 12.3 Å². The lowest BCUT2D eigenvalue weighted by molar-refractivity contribution is 0.0328. The molecule has 3 heteroatoms. The second kappa shape index (κ2) is 3.96. The van der Waals surface area contributed by atoms with Gasteiger partial charge in [-0.05, 0) is 31.4 Å². The minimum absolute atomic E-state index is 0.441. The molecule has 0 radical (unpaired) electrons. The first-order chi connectivity index (χ1) is 6.79. The van der Waals surface area contributed by atoms with Gasteiger partial charge in [-0.15, -0.1) is 0 Å². The molecule has 0 unspecified atom stereocenters. The fraction of sp³-hybridized carbons (Fsp3) is 0.545. The summed E-state index contributed by atoms with van der Waals surface area (Å²) in [7, 11) is 1.77. The largest absolute Gasteiger partial charge is 0.381 e. The van der Waals surface area contributed by atoms with Gasteiger partial charge in [-0.25, -0.2) is 4.98 Å². The molecule has 3 nitrogen and oxygen atoms in total. The van der Waals surface area contributed by atoms with Crippen LogP contribution in [0.1, 0.15) is 18.4 Å². The molecule has 1 saturated carbocycles. The summed E-state index contributed by atoms with van der Waals surface area (Å²) < 4.78 is 5.22. The van der Waals surface area contributed by atoms with Crippen molar-refractivity contribution in [1.29, 1.82) is 0 Å². The van der Waals surface area contributed by atoms with Gasteiger partial charge in [-0.1, -0.05) is 6.07 Å². The first-order valence-electron chi connectivity index (χ1n) is 5.00. The second-order valence-corrected chi connectivity index (χ2v) is 3.84. The zero-order valence-corrected chi connectivity index (χ0v) is 8.66. The predicted octanol–water partition coefficient (Wildman–Crippen LogP) is 1.98. The minimum atomic E-state index is 0.441. The summed E-state index contributed by atoms with van der Waals surface area (Å²) in [5.74, 6) is 1.01. The molecule has 0 amide bonds. The van der Waals surface area contributed by atoms with Crippen molar-refractivity contribution in [3.05, 3.63) is 23.9 Å². The molecule has 0 aliphatic heterocycles. The molecule has 0 saturated heterocycles. The Balaban J connectivity index is 1.90. The highest BCUT2D eigenvalue weighted by atomic mass is 16.5. The molecule has 1 heterocycles. The van der Waals surface area contributed by atoms with Crippen LogP contribution in [0, 0.1) is 6.92 Å². The van der Waals surface area contributed by atoms with E-state index >= 15 is 0 Å². The van der Waals surface area contributed by atoms with Crippen molar-refractivity contribution in [2.75, 3.05) is 12.4 Å². The molecule has 0 aromatic carbocycles. The second-order valence-electron chi connectivity index (χ2n) is 3.84. The van der Waals surface area contributed by atoms with Crippen molar-refractivity contribution in [2.45, 2.75) is 31.9 Å². The summed E-state index contributed by atoms with van der Waals surface area (Å²) in [6.07, 6.45) is 4.44. The molecule has 14 heavy (non-hydrogen) atoms. The summed E-state index contributed by atoms with van der Waals surface area (Å²) in [5.41, 5.74) is 1.20. The maximum Gasteiger partial charge on any atom is 0.129 e.